The number of hydrogen-bond acceptors (Lipinski definition) is 4. The summed E-state index contributed by atoms with van der Waals surface area (Å²) in [7, 11) is 0. The number of imidazole rings is 1. The molecule has 4 N–H and O–H groups in total. The molecule has 3 rings (SSSR count). The van der Waals surface area contributed by atoms with Crippen LogP contribution in [0.1, 0.15) is 17.8 Å². The maximum atomic E-state index is 11.7. The van der Waals surface area contributed by atoms with Gasteiger partial charge < -0.3 is 10.7 Å². The van der Waals surface area contributed by atoms with Crippen LogP contribution in [0.2, 0.25) is 0 Å². The minimum atomic E-state index is -0.283. The molecule has 0 unspecified atom stereocenters. The number of aromatic nitrogens is 4. The van der Waals surface area contributed by atoms with Gasteiger partial charge in [-0.2, -0.15) is 4.98 Å². The average Bonchev–Trinajstić information content (AvgIpc) is 2.83. The van der Waals surface area contributed by atoms with Crippen LogP contribution in [0.3, 0.4) is 0 Å². The van der Waals surface area contributed by atoms with Gasteiger partial charge in [-0.1, -0.05) is 30.3 Å². The first-order valence-corrected chi connectivity index (χ1v) is 6.51. The van der Waals surface area contributed by atoms with Gasteiger partial charge in [0.25, 0.3) is 5.56 Å². The molecule has 0 saturated carbocycles. The molecule has 0 saturated heterocycles. The topological polar surface area (TPSA) is 100 Å². The summed E-state index contributed by atoms with van der Waals surface area (Å²) in [5.41, 5.74) is 7.26. The second-order valence-corrected chi connectivity index (χ2v) is 4.67. The molecule has 0 fully saturated rings. The molecule has 0 aliphatic heterocycles. The van der Waals surface area contributed by atoms with Gasteiger partial charge in [-0.3, -0.25) is 9.78 Å². The molecule has 20 heavy (non-hydrogen) atoms. The van der Waals surface area contributed by atoms with Gasteiger partial charge in [-0.05, 0) is 18.4 Å². The fraction of sp³-hybridized carbons (Fsp3) is 0.214. The fourth-order valence-corrected chi connectivity index (χ4v) is 2.19. The van der Waals surface area contributed by atoms with Gasteiger partial charge >= 0.3 is 0 Å². The van der Waals surface area contributed by atoms with Gasteiger partial charge in [-0.25, -0.2) is 4.98 Å². The van der Waals surface area contributed by atoms with Crippen molar-refractivity contribution in [3.63, 3.8) is 0 Å². The lowest BCUT2D eigenvalue weighted by molar-refractivity contribution is 0.785. The third-order valence-electron chi connectivity index (χ3n) is 3.15. The number of benzene rings is 1. The highest BCUT2D eigenvalue weighted by Gasteiger charge is 2.08. The lowest BCUT2D eigenvalue weighted by Crippen LogP contribution is -2.10. The molecule has 0 aliphatic carbocycles. The van der Waals surface area contributed by atoms with E-state index in [1.165, 1.54) is 5.56 Å². The number of nitrogens with zero attached hydrogens (tertiary/aromatic N) is 2. The number of fused-ring (bicyclic) bond motifs is 1. The van der Waals surface area contributed by atoms with E-state index < -0.39 is 0 Å². The van der Waals surface area contributed by atoms with E-state index >= 15 is 0 Å². The highest BCUT2D eigenvalue weighted by molar-refractivity contribution is 5.70. The Kier molecular flexibility index (Phi) is 3.20. The lowest BCUT2D eigenvalue weighted by atomic mass is 10.1. The summed E-state index contributed by atoms with van der Waals surface area (Å²) in [6.45, 7) is 0. The predicted molar refractivity (Wildman–Crippen MR) is 77.4 cm³/mol. The number of nitrogens with two attached hydrogens (primary N) is 1. The van der Waals surface area contributed by atoms with Gasteiger partial charge in [0.1, 0.15) is 5.82 Å². The maximum absolute atomic E-state index is 11.7. The minimum absolute atomic E-state index is 0.0878. The average molecular weight is 269 g/mol. The van der Waals surface area contributed by atoms with Crippen LogP contribution in [0, 0.1) is 0 Å². The highest BCUT2D eigenvalue weighted by Crippen LogP contribution is 2.09. The summed E-state index contributed by atoms with van der Waals surface area (Å²) < 4.78 is 0. The molecule has 102 valence electrons. The summed E-state index contributed by atoms with van der Waals surface area (Å²) in [4.78, 5) is 25.4. The van der Waals surface area contributed by atoms with E-state index in [1.54, 1.807) is 0 Å². The molecule has 3 aromatic rings. The number of aromatic amines is 2. The summed E-state index contributed by atoms with van der Waals surface area (Å²) in [6, 6.07) is 10.3. The number of rotatable bonds is 4. The molecule has 2 aromatic heterocycles. The monoisotopic (exact) mass is 269 g/mol. The Hall–Kier alpha value is -2.63. The third kappa shape index (κ3) is 2.54. The molecule has 0 amide bonds. The van der Waals surface area contributed by atoms with Crippen LogP contribution >= 0.6 is 0 Å². The van der Waals surface area contributed by atoms with Crippen molar-refractivity contribution in [1.29, 1.82) is 0 Å². The normalized spacial score (nSPS) is 11.0. The number of hydrogen-bond donors (Lipinski definition) is 3. The van der Waals surface area contributed by atoms with Crippen LogP contribution in [0.15, 0.2) is 35.1 Å². The molecule has 6 heteroatoms. The molecule has 2 heterocycles. The zero-order chi connectivity index (χ0) is 13.9. The molecular formula is C14H15N5O. The Bertz CT molecular complexity index is 775. The summed E-state index contributed by atoms with van der Waals surface area (Å²) in [6.07, 6.45) is 2.70. The van der Waals surface area contributed by atoms with E-state index in [1.807, 2.05) is 18.2 Å². The Morgan fingerprint density at radius 3 is 2.65 bits per heavy atom. The van der Waals surface area contributed by atoms with Crippen LogP contribution < -0.4 is 11.3 Å². The fourth-order valence-electron chi connectivity index (χ4n) is 2.19. The maximum Gasteiger partial charge on any atom is 0.278 e. The molecule has 0 atom stereocenters. The van der Waals surface area contributed by atoms with E-state index in [-0.39, 0.29) is 11.5 Å². The SMILES string of the molecule is Nc1nc2nc(CCCc3ccccc3)[nH]c2c(=O)[nH]1. The number of aryl methyl sites for hydroxylation is 2. The molecule has 1 aromatic carbocycles. The summed E-state index contributed by atoms with van der Waals surface area (Å²) in [5, 5.41) is 0. The number of nitrogen functional groups attached to an aromatic ring is 1. The zero-order valence-corrected chi connectivity index (χ0v) is 10.9. The second-order valence-electron chi connectivity index (χ2n) is 4.67. The summed E-state index contributed by atoms with van der Waals surface area (Å²) >= 11 is 0. The Labute approximate surface area is 115 Å². The van der Waals surface area contributed by atoms with Crippen LogP contribution in [0.5, 0.6) is 0 Å². The molecule has 0 aliphatic rings. The standard InChI is InChI=1S/C14H15N5O/c15-14-18-12-11(13(20)19-14)16-10(17-12)8-4-7-9-5-2-1-3-6-9/h1-3,5-6H,4,7-8H2,(H4,15,16,17,18,19,20). The largest absolute Gasteiger partial charge is 0.369 e. The third-order valence-corrected chi connectivity index (χ3v) is 3.15. The molecule has 6 nitrogen and oxygen atoms in total. The van der Waals surface area contributed by atoms with Gasteiger partial charge in [0.2, 0.25) is 5.95 Å². The smallest absolute Gasteiger partial charge is 0.278 e. The number of anilines is 1. The molecule has 0 bridgehead atoms. The molecule has 0 spiro atoms. The molecular weight excluding hydrogens is 254 g/mol. The Morgan fingerprint density at radius 1 is 1.05 bits per heavy atom. The quantitative estimate of drug-likeness (QED) is 0.666. The van der Waals surface area contributed by atoms with Crippen molar-refractivity contribution in [3.8, 4) is 0 Å². The van der Waals surface area contributed by atoms with Gasteiger partial charge in [0.15, 0.2) is 11.2 Å². The van der Waals surface area contributed by atoms with Crippen LogP contribution in [0.25, 0.3) is 11.2 Å². The van der Waals surface area contributed by atoms with E-state index in [2.05, 4.69) is 32.1 Å². The number of H-pyrrole nitrogens is 2. The van der Waals surface area contributed by atoms with Gasteiger partial charge in [0, 0.05) is 6.42 Å². The van der Waals surface area contributed by atoms with E-state index in [0.717, 1.165) is 25.1 Å². The van der Waals surface area contributed by atoms with Crippen molar-refractivity contribution in [2.24, 2.45) is 0 Å². The van der Waals surface area contributed by atoms with E-state index in [9.17, 15) is 4.79 Å². The van der Waals surface area contributed by atoms with Crippen molar-refractivity contribution in [3.05, 3.63) is 52.1 Å². The highest BCUT2D eigenvalue weighted by atomic mass is 16.1. The van der Waals surface area contributed by atoms with Crippen molar-refractivity contribution in [2.75, 3.05) is 5.73 Å². The van der Waals surface area contributed by atoms with Crippen molar-refractivity contribution >= 4 is 17.1 Å². The van der Waals surface area contributed by atoms with Crippen molar-refractivity contribution in [1.82, 2.24) is 19.9 Å². The van der Waals surface area contributed by atoms with Gasteiger partial charge in [0.05, 0.1) is 0 Å². The van der Waals surface area contributed by atoms with E-state index in [4.69, 9.17) is 5.73 Å². The van der Waals surface area contributed by atoms with Crippen LogP contribution in [-0.2, 0) is 12.8 Å². The lowest BCUT2D eigenvalue weighted by Gasteiger charge is -1.99. The second kappa shape index (κ2) is 5.16. The van der Waals surface area contributed by atoms with Crippen molar-refractivity contribution < 1.29 is 0 Å². The van der Waals surface area contributed by atoms with Gasteiger partial charge in [-0.15, -0.1) is 0 Å². The first kappa shape index (κ1) is 12.4. The predicted octanol–water partition coefficient (Wildman–Crippen LogP) is 1.40. The number of nitrogens with one attached hydrogen (secondary N) is 2. The zero-order valence-electron chi connectivity index (χ0n) is 10.9. The van der Waals surface area contributed by atoms with E-state index in [0.29, 0.717) is 11.2 Å². The van der Waals surface area contributed by atoms with Crippen LogP contribution in [-0.4, -0.2) is 19.9 Å². The Balaban J connectivity index is 1.72. The first-order valence-electron chi connectivity index (χ1n) is 6.51. The minimum Gasteiger partial charge on any atom is -0.369 e. The summed E-state index contributed by atoms with van der Waals surface area (Å²) in [5.74, 6) is 0.851. The first-order chi connectivity index (χ1) is 9.72. The van der Waals surface area contributed by atoms with Crippen molar-refractivity contribution in [2.45, 2.75) is 19.3 Å². The molecule has 0 radical (unpaired) electrons. The van der Waals surface area contributed by atoms with Crippen LogP contribution in [0.4, 0.5) is 5.95 Å². The Morgan fingerprint density at radius 2 is 1.85 bits per heavy atom.